The van der Waals surface area contributed by atoms with E-state index < -0.39 is 0 Å². The lowest BCUT2D eigenvalue weighted by molar-refractivity contribution is 0.370. The Morgan fingerprint density at radius 3 is 2.65 bits per heavy atom. The molecule has 1 aliphatic heterocycles. The van der Waals surface area contributed by atoms with E-state index in [0.717, 1.165) is 12.3 Å². The summed E-state index contributed by atoms with van der Waals surface area (Å²) in [6, 6.07) is 6.64. The first-order valence-corrected chi connectivity index (χ1v) is 6.50. The van der Waals surface area contributed by atoms with Gasteiger partial charge in [0.15, 0.2) is 0 Å². The second-order valence-electron chi connectivity index (χ2n) is 5.48. The summed E-state index contributed by atoms with van der Waals surface area (Å²) in [4.78, 5) is 0. The van der Waals surface area contributed by atoms with Gasteiger partial charge < -0.3 is 10.1 Å². The van der Waals surface area contributed by atoms with Gasteiger partial charge in [0.05, 0.1) is 7.11 Å². The van der Waals surface area contributed by atoms with Crippen LogP contribution in [0.25, 0.3) is 0 Å². The third-order valence-electron chi connectivity index (χ3n) is 3.86. The number of benzene rings is 1. The van der Waals surface area contributed by atoms with E-state index in [2.05, 4.69) is 44.3 Å². The lowest BCUT2D eigenvalue weighted by atomic mass is 9.88. The van der Waals surface area contributed by atoms with Gasteiger partial charge in [0.25, 0.3) is 0 Å². The Morgan fingerprint density at radius 1 is 1.35 bits per heavy atom. The second-order valence-corrected chi connectivity index (χ2v) is 5.48. The first-order chi connectivity index (χ1) is 8.07. The average Bonchev–Trinajstić information content (AvgIpc) is 2.76. The molecule has 1 atom stereocenters. The van der Waals surface area contributed by atoms with Gasteiger partial charge in [-0.05, 0) is 43.9 Å². The van der Waals surface area contributed by atoms with Gasteiger partial charge >= 0.3 is 0 Å². The monoisotopic (exact) mass is 233 g/mol. The highest BCUT2D eigenvalue weighted by atomic mass is 16.5. The molecule has 1 unspecified atom stereocenters. The predicted octanol–water partition coefficient (Wildman–Crippen LogP) is 3.42. The second kappa shape index (κ2) is 4.69. The van der Waals surface area contributed by atoms with Crippen LogP contribution in [-0.4, -0.2) is 13.7 Å². The van der Waals surface area contributed by atoms with Crippen molar-refractivity contribution in [2.45, 2.75) is 45.1 Å². The summed E-state index contributed by atoms with van der Waals surface area (Å²) in [6.07, 6.45) is 2.43. The molecule has 0 aliphatic carbocycles. The number of methoxy groups -OCH3 is 1. The maximum atomic E-state index is 5.57. The standard InChI is InChI=1S/C15H23NO/c1-11(2)12-6-7-13(14(10-12)17-4)15(3)8-5-9-16-15/h6-7,10-11,16H,5,8-9H2,1-4H3. The summed E-state index contributed by atoms with van der Waals surface area (Å²) in [5.41, 5.74) is 2.72. The summed E-state index contributed by atoms with van der Waals surface area (Å²) in [5.74, 6) is 1.57. The summed E-state index contributed by atoms with van der Waals surface area (Å²) < 4.78 is 5.57. The Balaban J connectivity index is 2.40. The minimum atomic E-state index is 0.0842. The van der Waals surface area contributed by atoms with Crippen LogP contribution in [0.15, 0.2) is 18.2 Å². The highest BCUT2D eigenvalue weighted by Crippen LogP contribution is 2.37. The molecule has 0 aromatic heterocycles. The van der Waals surface area contributed by atoms with Crippen LogP contribution >= 0.6 is 0 Å². The molecule has 1 fully saturated rings. The zero-order valence-corrected chi connectivity index (χ0v) is 11.3. The van der Waals surface area contributed by atoms with Gasteiger partial charge in [0.2, 0.25) is 0 Å². The van der Waals surface area contributed by atoms with Crippen molar-refractivity contribution in [1.82, 2.24) is 5.32 Å². The van der Waals surface area contributed by atoms with Gasteiger partial charge in [-0.1, -0.05) is 26.0 Å². The summed E-state index contributed by atoms with van der Waals surface area (Å²) in [5, 5.41) is 3.59. The first-order valence-electron chi connectivity index (χ1n) is 6.50. The van der Waals surface area contributed by atoms with Crippen molar-refractivity contribution in [2.24, 2.45) is 0 Å². The van der Waals surface area contributed by atoms with Gasteiger partial charge in [0.1, 0.15) is 5.75 Å². The van der Waals surface area contributed by atoms with E-state index in [0.29, 0.717) is 5.92 Å². The molecule has 1 N–H and O–H groups in total. The van der Waals surface area contributed by atoms with Crippen LogP contribution < -0.4 is 10.1 Å². The number of ether oxygens (including phenoxy) is 1. The Hall–Kier alpha value is -1.02. The van der Waals surface area contributed by atoms with Crippen molar-refractivity contribution in [2.75, 3.05) is 13.7 Å². The molecule has 2 heteroatoms. The SMILES string of the molecule is COc1cc(C(C)C)ccc1C1(C)CCCN1. The molecule has 0 saturated carbocycles. The molecule has 0 amide bonds. The van der Waals surface area contributed by atoms with Gasteiger partial charge in [-0.3, -0.25) is 0 Å². The molecule has 1 saturated heterocycles. The van der Waals surface area contributed by atoms with E-state index >= 15 is 0 Å². The lowest BCUT2D eigenvalue weighted by Gasteiger charge is -2.27. The minimum absolute atomic E-state index is 0.0842. The third-order valence-corrected chi connectivity index (χ3v) is 3.86. The minimum Gasteiger partial charge on any atom is -0.496 e. The van der Waals surface area contributed by atoms with Crippen molar-refractivity contribution >= 4 is 0 Å². The largest absolute Gasteiger partial charge is 0.496 e. The van der Waals surface area contributed by atoms with Crippen LogP contribution in [0.2, 0.25) is 0 Å². The molecule has 2 nitrogen and oxygen atoms in total. The van der Waals surface area contributed by atoms with Crippen LogP contribution in [0.4, 0.5) is 0 Å². The fourth-order valence-electron chi connectivity index (χ4n) is 2.65. The molecule has 1 aromatic carbocycles. The van der Waals surface area contributed by atoms with E-state index in [1.165, 1.54) is 24.0 Å². The Morgan fingerprint density at radius 2 is 2.12 bits per heavy atom. The number of rotatable bonds is 3. The number of hydrogen-bond donors (Lipinski definition) is 1. The average molecular weight is 233 g/mol. The van der Waals surface area contributed by atoms with Gasteiger partial charge in [-0.25, -0.2) is 0 Å². The molecule has 1 aliphatic rings. The van der Waals surface area contributed by atoms with Crippen molar-refractivity contribution in [3.8, 4) is 5.75 Å². The van der Waals surface area contributed by atoms with Gasteiger partial charge in [-0.2, -0.15) is 0 Å². The Labute approximate surface area is 104 Å². The zero-order chi connectivity index (χ0) is 12.5. The van der Waals surface area contributed by atoms with Crippen molar-refractivity contribution in [1.29, 1.82) is 0 Å². The van der Waals surface area contributed by atoms with Crippen molar-refractivity contribution in [3.63, 3.8) is 0 Å². The molecule has 0 bridgehead atoms. The Bertz CT molecular complexity index is 392. The van der Waals surface area contributed by atoms with Crippen LogP contribution in [0.3, 0.4) is 0 Å². The molecule has 0 radical (unpaired) electrons. The molecular weight excluding hydrogens is 210 g/mol. The zero-order valence-electron chi connectivity index (χ0n) is 11.3. The molecule has 1 aromatic rings. The van der Waals surface area contributed by atoms with E-state index in [1.807, 2.05) is 0 Å². The maximum absolute atomic E-state index is 5.57. The van der Waals surface area contributed by atoms with Gasteiger partial charge in [0, 0.05) is 11.1 Å². The van der Waals surface area contributed by atoms with Crippen molar-refractivity contribution < 1.29 is 4.74 Å². The van der Waals surface area contributed by atoms with E-state index in [-0.39, 0.29) is 5.54 Å². The summed E-state index contributed by atoms with van der Waals surface area (Å²) in [7, 11) is 1.77. The normalized spacial score (nSPS) is 24.3. The van der Waals surface area contributed by atoms with Gasteiger partial charge in [-0.15, -0.1) is 0 Å². The van der Waals surface area contributed by atoms with E-state index in [9.17, 15) is 0 Å². The summed E-state index contributed by atoms with van der Waals surface area (Å²) in [6.45, 7) is 7.80. The topological polar surface area (TPSA) is 21.3 Å². The molecule has 1 heterocycles. The highest BCUT2D eigenvalue weighted by molar-refractivity contribution is 5.43. The predicted molar refractivity (Wildman–Crippen MR) is 71.7 cm³/mol. The molecule has 2 rings (SSSR count). The molecular formula is C15H23NO. The fourth-order valence-corrected chi connectivity index (χ4v) is 2.65. The first kappa shape index (κ1) is 12.4. The van der Waals surface area contributed by atoms with Crippen LogP contribution in [0.1, 0.15) is 50.7 Å². The van der Waals surface area contributed by atoms with E-state index in [1.54, 1.807) is 7.11 Å². The highest BCUT2D eigenvalue weighted by Gasteiger charge is 2.32. The van der Waals surface area contributed by atoms with Crippen LogP contribution in [-0.2, 0) is 5.54 Å². The lowest BCUT2D eigenvalue weighted by Crippen LogP contribution is -2.33. The quantitative estimate of drug-likeness (QED) is 0.863. The molecule has 0 spiro atoms. The number of hydrogen-bond acceptors (Lipinski definition) is 2. The number of nitrogens with one attached hydrogen (secondary N) is 1. The molecule has 17 heavy (non-hydrogen) atoms. The van der Waals surface area contributed by atoms with Crippen molar-refractivity contribution in [3.05, 3.63) is 29.3 Å². The van der Waals surface area contributed by atoms with Crippen LogP contribution in [0.5, 0.6) is 5.75 Å². The fraction of sp³-hybridized carbons (Fsp3) is 0.600. The smallest absolute Gasteiger partial charge is 0.124 e. The molecule has 94 valence electrons. The van der Waals surface area contributed by atoms with E-state index in [4.69, 9.17) is 4.74 Å². The third kappa shape index (κ3) is 2.32. The van der Waals surface area contributed by atoms with Crippen LogP contribution in [0, 0.1) is 0 Å². The summed E-state index contributed by atoms with van der Waals surface area (Å²) >= 11 is 0. The Kier molecular flexibility index (Phi) is 3.43. The maximum Gasteiger partial charge on any atom is 0.124 e.